The molecule has 0 heterocycles. The second kappa shape index (κ2) is 6.70. The van der Waals surface area contributed by atoms with Crippen LogP contribution in [0.3, 0.4) is 0 Å². The van der Waals surface area contributed by atoms with Crippen molar-refractivity contribution in [2.24, 2.45) is 5.73 Å². The lowest BCUT2D eigenvalue weighted by molar-refractivity contribution is 0.0679. The number of nitrogens with two attached hydrogens (primary N) is 1. The third-order valence-electron chi connectivity index (χ3n) is 3.81. The minimum Gasteiger partial charge on any atom is -0.496 e. The molecule has 5 heteroatoms. The molecule has 2 rings (SSSR count). The second-order valence-corrected chi connectivity index (χ2v) is 5.04. The van der Waals surface area contributed by atoms with E-state index in [4.69, 9.17) is 10.5 Å². The largest absolute Gasteiger partial charge is 0.496 e. The first-order chi connectivity index (χ1) is 9.69. The number of carbonyl (C=O) groups is 1. The van der Waals surface area contributed by atoms with Gasteiger partial charge in [-0.2, -0.15) is 0 Å². The van der Waals surface area contributed by atoms with Crippen LogP contribution in [0.5, 0.6) is 5.75 Å². The van der Waals surface area contributed by atoms with E-state index in [-0.39, 0.29) is 23.3 Å². The summed E-state index contributed by atoms with van der Waals surface area (Å²) in [4.78, 5) is 14.4. The van der Waals surface area contributed by atoms with Gasteiger partial charge < -0.3 is 15.4 Å². The van der Waals surface area contributed by atoms with Gasteiger partial charge in [-0.3, -0.25) is 4.79 Å². The molecule has 1 aromatic rings. The minimum absolute atomic E-state index is 0.00958. The normalized spacial score (nSPS) is 15.3. The molecule has 0 radical (unpaired) electrons. The molecule has 0 spiro atoms. The monoisotopic (exact) mass is 280 g/mol. The molecule has 1 aliphatic rings. The highest BCUT2D eigenvalue weighted by molar-refractivity contribution is 5.97. The van der Waals surface area contributed by atoms with Crippen LogP contribution in [0.1, 0.15) is 36.0 Å². The Morgan fingerprint density at radius 3 is 2.75 bits per heavy atom. The molecule has 0 saturated heterocycles. The number of rotatable bonds is 5. The van der Waals surface area contributed by atoms with Crippen molar-refractivity contribution in [3.05, 3.63) is 29.6 Å². The van der Waals surface area contributed by atoms with Gasteiger partial charge in [0, 0.05) is 19.1 Å². The van der Waals surface area contributed by atoms with Crippen LogP contribution in [0.2, 0.25) is 0 Å². The summed E-state index contributed by atoms with van der Waals surface area (Å²) in [6, 6.07) is 4.58. The van der Waals surface area contributed by atoms with Gasteiger partial charge in [0.2, 0.25) is 0 Å². The van der Waals surface area contributed by atoms with E-state index in [2.05, 4.69) is 0 Å². The highest BCUT2D eigenvalue weighted by Crippen LogP contribution is 2.28. The number of methoxy groups -OCH3 is 1. The first-order valence-corrected chi connectivity index (χ1v) is 7.02. The third-order valence-corrected chi connectivity index (χ3v) is 3.81. The van der Waals surface area contributed by atoms with Gasteiger partial charge in [-0.25, -0.2) is 4.39 Å². The molecule has 110 valence electrons. The molecule has 0 aromatic heterocycles. The first kappa shape index (κ1) is 14.8. The van der Waals surface area contributed by atoms with Crippen LogP contribution in [0.25, 0.3) is 0 Å². The van der Waals surface area contributed by atoms with Gasteiger partial charge in [0.25, 0.3) is 5.91 Å². The average Bonchev–Trinajstić information content (AvgIpc) is 2.97. The lowest BCUT2D eigenvalue weighted by atomic mass is 10.1. The number of carbonyl (C=O) groups excluding carboxylic acids is 1. The quantitative estimate of drug-likeness (QED) is 0.899. The molecule has 1 aromatic carbocycles. The van der Waals surface area contributed by atoms with Crippen molar-refractivity contribution >= 4 is 5.91 Å². The lowest BCUT2D eigenvalue weighted by Crippen LogP contribution is -2.42. The fourth-order valence-corrected chi connectivity index (χ4v) is 2.83. The minimum atomic E-state index is -0.547. The average molecular weight is 280 g/mol. The summed E-state index contributed by atoms with van der Waals surface area (Å²) in [5.74, 6) is -0.596. The number of hydrogen-bond acceptors (Lipinski definition) is 3. The van der Waals surface area contributed by atoms with E-state index in [0.717, 1.165) is 25.7 Å². The number of benzene rings is 1. The van der Waals surface area contributed by atoms with E-state index in [1.165, 1.54) is 19.2 Å². The maximum absolute atomic E-state index is 14.0. The zero-order valence-corrected chi connectivity index (χ0v) is 11.8. The highest BCUT2D eigenvalue weighted by Gasteiger charge is 2.30. The first-order valence-electron chi connectivity index (χ1n) is 7.02. The summed E-state index contributed by atoms with van der Waals surface area (Å²) < 4.78 is 19.1. The summed E-state index contributed by atoms with van der Waals surface area (Å²) in [7, 11) is 1.44. The third kappa shape index (κ3) is 2.93. The van der Waals surface area contributed by atoms with Crippen molar-refractivity contribution in [2.45, 2.75) is 31.7 Å². The van der Waals surface area contributed by atoms with E-state index in [1.54, 1.807) is 11.0 Å². The van der Waals surface area contributed by atoms with Gasteiger partial charge in [0.15, 0.2) is 0 Å². The van der Waals surface area contributed by atoms with Crippen LogP contribution in [0, 0.1) is 5.82 Å². The molecule has 0 unspecified atom stereocenters. The summed E-state index contributed by atoms with van der Waals surface area (Å²) >= 11 is 0. The van der Waals surface area contributed by atoms with Crippen molar-refractivity contribution in [2.75, 3.05) is 20.2 Å². The molecule has 2 N–H and O–H groups in total. The number of halogens is 1. The molecule has 1 saturated carbocycles. The van der Waals surface area contributed by atoms with Crippen LogP contribution in [-0.4, -0.2) is 37.0 Å². The molecular formula is C15H21FN2O2. The number of nitrogens with zero attached hydrogens (tertiary/aromatic N) is 1. The summed E-state index contributed by atoms with van der Waals surface area (Å²) in [5, 5.41) is 0. The SMILES string of the molecule is COc1cccc(F)c1C(=O)N(CCN)C1CCCC1. The standard InChI is InChI=1S/C15H21FN2O2/c1-20-13-8-4-7-12(16)14(13)15(19)18(10-9-17)11-5-2-3-6-11/h4,7-8,11H,2-3,5-6,9-10,17H2,1H3. The predicted molar refractivity (Wildman–Crippen MR) is 75.3 cm³/mol. The fourth-order valence-electron chi connectivity index (χ4n) is 2.83. The molecule has 1 amide bonds. The Balaban J connectivity index is 2.31. The molecule has 0 atom stereocenters. The molecule has 20 heavy (non-hydrogen) atoms. The maximum atomic E-state index is 14.0. The molecule has 4 nitrogen and oxygen atoms in total. The van der Waals surface area contributed by atoms with Gasteiger partial charge in [-0.15, -0.1) is 0 Å². The summed E-state index contributed by atoms with van der Waals surface area (Å²) in [6.45, 7) is 0.819. The van der Waals surface area contributed by atoms with E-state index in [1.807, 2.05) is 0 Å². The van der Waals surface area contributed by atoms with Gasteiger partial charge in [0.05, 0.1) is 7.11 Å². The zero-order chi connectivity index (χ0) is 14.5. The second-order valence-electron chi connectivity index (χ2n) is 5.04. The molecule has 1 aliphatic carbocycles. The van der Waals surface area contributed by atoms with Crippen LogP contribution in [0.4, 0.5) is 4.39 Å². The Bertz CT molecular complexity index is 473. The number of ether oxygens (including phenoxy) is 1. The molecule has 0 aliphatic heterocycles. The van der Waals surface area contributed by atoms with E-state index < -0.39 is 5.82 Å². The van der Waals surface area contributed by atoms with Crippen molar-refractivity contribution in [1.82, 2.24) is 4.90 Å². The van der Waals surface area contributed by atoms with Gasteiger partial charge >= 0.3 is 0 Å². The van der Waals surface area contributed by atoms with Gasteiger partial charge in [-0.1, -0.05) is 18.9 Å². The Morgan fingerprint density at radius 1 is 1.45 bits per heavy atom. The smallest absolute Gasteiger partial charge is 0.260 e. The molecule has 1 fully saturated rings. The van der Waals surface area contributed by atoms with Crippen molar-refractivity contribution in [3.8, 4) is 5.75 Å². The Morgan fingerprint density at radius 2 is 2.15 bits per heavy atom. The number of hydrogen-bond donors (Lipinski definition) is 1. The van der Waals surface area contributed by atoms with Crippen LogP contribution in [-0.2, 0) is 0 Å². The Labute approximate surface area is 118 Å². The highest BCUT2D eigenvalue weighted by atomic mass is 19.1. The van der Waals surface area contributed by atoms with E-state index in [9.17, 15) is 9.18 Å². The van der Waals surface area contributed by atoms with Crippen LogP contribution >= 0.6 is 0 Å². The van der Waals surface area contributed by atoms with Crippen molar-refractivity contribution < 1.29 is 13.9 Å². The van der Waals surface area contributed by atoms with Crippen LogP contribution < -0.4 is 10.5 Å². The van der Waals surface area contributed by atoms with E-state index >= 15 is 0 Å². The lowest BCUT2D eigenvalue weighted by Gasteiger charge is -2.29. The maximum Gasteiger partial charge on any atom is 0.260 e. The summed E-state index contributed by atoms with van der Waals surface area (Å²) in [5.41, 5.74) is 5.61. The van der Waals surface area contributed by atoms with E-state index in [0.29, 0.717) is 13.1 Å². The van der Waals surface area contributed by atoms with Crippen LogP contribution in [0.15, 0.2) is 18.2 Å². The topological polar surface area (TPSA) is 55.6 Å². The zero-order valence-electron chi connectivity index (χ0n) is 11.8. The fraction of sp³-hybridized carbons (Fsp3) is 0.533. The van der Waals surface area contributed by atoms with Crippen molar-refractivity contribution in [3.63, 3.8) is 0 Å². The van der Waals surface area contributed by atoms with Gasteiger partial charge in [0.1, 0.15) is 17.1 Å². The molecule has 0 bridgehead atoms. The Kier molecular flexibility index (Phi) is 4.95. The summed E-state index contributed by atoms with van der Waals surface area (Å²) in [6.07, 6.45) is 4.13. The predicted octanol–water partition coefficient (Wildman–Crippen LogP) is 2.18. The van der Waals surface area contributed by atoms with Gasteiger partial charge in [-0.05, 0) is 25.0 Å². The van der Waals surface area contributed by atoms with Crippen molar-refractivity contribution in [1.29, 1.82) is 0 Å². The molecular weight excluding hydrogens is 259 g/mol. The number of amides is 1. The Hall–Kier alpha value is -1.62.